The van der Waals surface area contributed by atoms with Crippen molar-refractivity contribution >= 4 is 55.0 Å². The molecule has 0 saturated carbocycles. The molecule has 4 heterocycles. The van der Waals surface area contributed by atoms with Crippen LogP contribution in [-0.2, 0) is 0 Å². The standard InChI is InChI=1S/C57H38N6/c1-3-17-37(18-4-1)55-58-56(38-19-5-2-6-20-38)60-57(59-55)39-21-15-22-40(35-39)62-51-31-13-9-27-45(51)47-33-34-48-46-28-10-14-32-52(46)63(54(48)53(47)62)42-24-16-23-41(36-42)61-49-29-11-7-25-43(49)44-26-8-12-30-50(44)61/h1-36,45,51H. The summed E-state index contributed by atoms with van der Waals surface area (Å²) in [6.45, 7) is 0. The highest BCUT2D eigenvalue weighted by molar-refractivity contribution is 6.15. The second-order valence-corrected chi connectivity index (χ2v) is 16.4. The maximum Gasteiger partial charge on any atom is 0.164 e. The maximum atomic E-state index is 5.12. The zero-order valence-electron chi connectivity index (χ0n) is 34.1. The van der Waals surface area contributed by atoms with Gasteiger partial charge < -0.3 is 14.0 Å². The van der Waals surface area contributed by atoms with Crippen LogP contribution in [-0.4, -0.2) is 30.1 Å². The van der Waals surface area contributed by atoms with Crippen molar-refractivity contribution in [3.63, 3.8) is 0 Å². The first-order valence-corrected chi connectivity index (χ1v) is 21.5. The highest BCUT2D eigenvalue weighted by atomic mass is 15.2. The number of rotatable bonds is 6. The predicted molar refractivity (Wildman–Crippen MR) is 258 cm³/mol. The molecule has 0 radical (unpaired) electrons. The monoisotopic (exact) mass is 806 g/mol. The number of allylic oxidation sites excluding steroid dienone is 2. The summed E-state index contributed by atoms with van der Waals surface area (Å²) in [4.78, 5) is 17.8. The quantitative estimate of drug-likeness (QED) is 0.168. The number of aromatic nitrogens is 5. The van der Waals surface area contributed by atoms with Gasteiger partial charge in [-0.05, 0) is 54.1 Å². The van der Waals surface area contributed by atoms with Crippen molar-refractivity contribution in [1.29, 1.82) is 0 Å². The van der Waals surface area contributed by atoms with Gasteiger partial charge in [0, 0.05) is 61.2 Å². The van der Waals surface area contributed by atoms with Crippen LogP contribution >= 0.6 is 0 Å². The van der Waals surface area contributed by atoms with Gasteiger partial charge in [-0.25, -0.2) is 15.0 Å². The second-order valence-electron chi connectivity index (χ2n) is 16.4. The van der Waals surface area contributed by atoms with Gasteiger partial charge >= 0.3 is 0 Å². The number of nitrogens with zero attached hydrogens (tertiary/aromatic N) is 6. The average molecular weight is 807 g/mol. The Balaban J connectivity index is 1.03. The smallest absolute Gasteiger partial charge is 0.164 e. The highest BCUT2D eigenvalue weighted by Gasteiger charge is 2.40. The van der Waals surface area contributed by atoms with E-state index in [-0.39, 0.29) is 12.0 Å². The molecule has 6 heteroatoms. The van der Waals surface area contributed by atoms with E-state index in [9.17, 15) is 0 Å². The Kier molecular flexibility index (Phi) is 7.93. The molecule has 0 N–H and O–H groups in total. The molecular weight excluding hydrogens is 769 g/mol. The van der Waals surface area contributed by atoms with E-state index >= 15 is 0 Å². The number of hydrogen-bond donors (Lipinski definition) is 0. The Labute approximate surface area is 364 Å². The molecule has 13 rings (SSSR count). The van der Waals surface area contributed by atoms with Crippen LogP contribution in [0.25, 0.3) is 89.2 Å². The van der Waals surface area contributed by atoms with E-state index in [2.05, 4.69) is 196 Å². The predicted octanol–water partition coefficient (Wildman–Crippen LogP) is 13.8. The summed E-state index contributed by atoms with van der Waals surface area (Å²) in [6, 6.07) is 69.2. The topological polar surface area (TPSA) is 51.8 Å². The molecule has 8 aromatic carbocycles. The van der Waals surface area contributed by atoms with Gasteiger partial charge in [-0.15, -0.1) is 0 Å². The van der Waals surface area contributed by atoms with Crippen molar-refractivity contribution in [3.8, 4) is 45.5 Å². The Hall–Kier alpha value is -8.35. The lowest BCUT2D eigenvalue weighted by Gasteiger charge is -2.29. The Morgan fingerprint density at radius 2 is 0.857 bits per heavy atom. The molecule has 3 aromatic heterocycles. The molecule has 2 atom stereocenters. The van der Waals surface area contributed by atoms with Gasteiger partial charge in [0.1, 0.15) is 0 Å². The van der Waals surface area contributed by atoms with Gasteiger partial charge in [0.05, 0.1) is 33.8 Å². The summed E-state index contributed by atoms with van der Waals surface area (Å²) >= 11 is 0. The number of fused-ring (bicyclic) bond motifs is 10. The molecule has 2 unspecified atom stereocenters. The van der Waals surface area contributed by atoms with Gasteiger partial charge in [-0.2, -0.15) is 0 Å². The van der Waals surface area contributed by atoms with Crippen molar-refractivity contribution in [3.05, 3.63) is 224 Å². The lowest BCUT2D eigenvalue weighted by atomic mass is 9.91. The van der Waals surface area contributed by atoms with Crippen molar-refractivity contribution in [1.82, 2.24) is 24.1 Å². The SMILES string of the molecule is C1=CC2c3ccc4c5ccccc5n(-c5cccc(-n6c7ccccc7c7ccccc76)c5)c4c3N(c3cccc(-c4nc(-c5ccccc5)nc(-c5ccccc5)n4)c3)C2C=C1. The van der Waals surface area contributed by atoms with Crippen LogP contribution in [0.5, 0.6) is 0 Å². The Bertz CT molecular complexity index is 3540. The van der Waals surface area contributed by atoms with E-state index < -0.39 is 0 Å². The molecule has 63 heavy (non-hydrogen) atoms. The first kappa shape index (κ1) is 35.4. The third-order valence-electron chi connectivity index (χ3n) is 12.9. The summed E-state index contributed by atoms with van der Waals surface area (Å²) < 4.78 is 4.90. The minimum absolute atomic E-state index is 0.0689. The fourth-order valence-corrected chi connectivity index (χ4v) is 10.1. The van der Waals surface area contributed by atoms with Crippen molar-refractivity contribution < 1.29 is 0 Å². The molecule has 0 saturated heterocycles. The Morgan fingerprint density at radius 1 is 0.365 bits per heavy atom. The minimum atomic E-state index is 0.0689. The first-order chi connectivity index (χ1) is 31.3. The summed E-state index contributed by atoms with van der Waals surface area (Å²) in [5.41, 5.74) is 13.4. The van der Waals surface area contributed by atoms with E-state index in [0.29, 0.717) is 17.5 Å². The van der Waals surface area contributed by atoms with E-state index in [1.165, 1.54) is 54.9 Å². The molecule has 0 amide bonds. The molecule has 1 aliphatic carbocycles. The molecule has 1 aliphatic heterocycles. The van der Waals surface area contributed by atoms with Crippen molar-refractivity contribution in [2.24, 2.45) is 0 Å². The molecule has 0 fully saturated rings. The molecule has 11 aromatic rings. The lowest BCUT2D eigenvalue weighted by Crippen LogP contribution is -2.28. The summed E-state index contributed by atoms with van der Waals surface area (Å²) in [5, 5.41) is 4.94. The van der Waals surface area contributed by atoms with Crippen molar-refractivity contribution in [2.75, 3.05) is 4.90 Å². The number of hydrogen-bond acceptors (Lipinski definition) is 4. The molecule has 0 bridgehead atoms. The lowest BCUT2D eigenvalue weighted by molar-refractivity contribution is 0.745. The van der Waals surface area contributed by atoms with E-state index in [0.717, 1.165) is 33.8 Å². The average Bonchev–Trinajstić information content (AvgIpc) is 4.00. The van der Waals surface area contributed by atoms with Crippen LogP contribution < -0.4 is 4.90 Å². The Morgan fingerprint density at radius 3 is 1.51 bits per heavy atom. The molecule has 2 aliphatic rings. The normalized spacial score (nSPS) is 15.5. The highest BCUT2D eigenvalue weighted by Crippen LogP contribution is 2.53. The van der Waals surface area contributed by atoms with Gasteiger partial charge in [0.2, 0.25) is 0 Å². The number of benzene rings is 8. The van der Waals surface area contributed by atoms with Gasteiger partial charge in [-0.1, -0.05) is 170 Å². The minimum Gasteiger partial charge on any atom is -0.332 e. The second kappa shape index (κ2) is 14.1. The van der Waals surface area contributed by atoms with Crippen LogP contribution in [0.4, 0.5) is 11.4 Å². The van der Waals surface area contributed by atoms with E-state index in [1.54, 1.807) is 0 Å². The molecular formula is C57H38N6. The molecule has 0 spiro atoms. The van der Waals surface area contributed by atoms with Gasteiger partial charge in [0.25, 0.3) is 0 Å². The largest absolute Gasteiger partial charge is 0.332 e. The summed E-state index contributed by atoms with van der Waals surface area (Å²) in [6.07, 6.45) is 9.10. The first-order valence-electron chi connectivity index (χ1n) is 21.5. The van der Waals surface area contributed by atoms with Crippen LogP contribution in [0.3, 0.4) is 0 Å². The number of para-hydroxylation sites is 3. The van der Waals surface area contributed by atoms with Crippen LogP contribution in [0.2, 0.25) is 0 Å². The fourth-order valence-electron chi connectivity index (χ4n) is 10.1. The van der Waals surface area contributed by atoms with Crippen LogP contribution in [0, 0.1) is 0 Å². The van der Waals surface area contributed by atoms with E-state index in [1.807, 2.05) is 36.4 Å². The van der Waals surface area contributed by atoms with Crippen LogP contribution in [0.1, 0.15) is 11.5 Å². The fraction of sp³-hybridized carbons (Fsp3) is 0.0351. The number of anilines is 2. The van der Waals surface area contributed by atoms with Gasteiger partial charge in [-0.3, -0.25) is 0 Å². The third-order valence-corrected chi connectivity index (χ3v) is 12.9. The summed E-state index contributed by atoms with van der Waals surface area (Å²) in [5.74, 6) is 2.09. The molecule has 296 valence electrons. The van der Waals surface area contributed by atoms with Crippen molar-refractivity contribution in [2.45, 2.75) is 12.0 Å². The van der Waals surface area contributed by atoms with Gasteiger partial charge in [0.15, 0.2) is 17.5 Å². The molecule has 6 nitrogen and oxygen atoms in total. The van der Waals surface area contributed by atoms with Crippen LogP contribution in [0.15, 0.2) is 218 Å². The van der Waals surface area contributed by atoms with E-state index in [4.69, 9.17) is 15.0 Å². The zero-order valence-corrected chi connectivity index (χ0v) is 34.1. The third kappa shape index (κ3) is 5.55. The zero-order chi connectivity index (χ0) is 41.4. The summed E-state index contributed by atoms with van der Waals surface area (Å²) in [7, 11) is 0. The maximum absolute atomic E-state index is 5.12.